The molecule has 118 valence electrons. The molecule has 23 heavy (non-hydrogen) atoms. The fourth-order valence-electron chi connectivity index (χ4n) is 3.99. The molecule has 1 aliphatic carbocycles. The maximum absolute atomic E-state index is 2.43. The third kappa shape index (κ3) is 2.61. The van der Waals surface area contributed by atoms with Crippen LogP contribution in [-0.2, 0) is 6.42 Å². The SMILES string of the molecule is CCC(C)C1CCCc2c1sc1ccc(-c3ccccc3)cc21. The smallest absolute Gasteiger partial charge is 0.0349 e. The molecule has 0 fully saturated rings. The Morgan fingerprint density at radius 2 is 1.91 bits per heavy atom. The molecule has 0 aliphatic heterocycles. The summed E-state index contributed by atoms with van der Waals surface area (Å²) in [6, 6.07) is 17.8. The second-order valence-electron chi connectivity index (χ2n) is 6.91. The van der Waals surface area contributed by atoms with E-state index in [9.17, 15) is 0 Å². The van der Waals surface area contributed by atoms with Crippen molar-refractivity contribution in [2.24, 2.45) is 5.92 Å². The third-order valence-electron chi connectivity index (χ3n) is 5.54. The monoisotopic (exact) mass is 320 g/mol. The zero-order valence-corrected chi connectivity index (χ0v) is 14.8. The highest BCUT2D eigenvalue weighted by Crippen LogP contribution is 2.46. The summed E-state index contributed by atoms with van der Waals surface area (Å²) in [6.45, 7) is 4.76. The van der Waals surface area contributed by atoms with Crippen molar-refractivity contribution in [2.45, 2.75) is 45.4 Å². The average Bonchev–Trinajstić information content (AvgIpc) is 2.99. The topological polar surface area (TPSA) is 0 Å². The molecule has 2 atom stereocenters. The van der Waals surface area contributed by atoms with Crippen molar-refractivity contribution in [3.8, 4) is 11.1 Å². The van der Waals surface area contributed by atoms with Gasteiger partial charge in [0.15, 0.2) is 0 Å². The molecule has 4 rings (SSSR count). The lowest BCUT2D eigenvalue weighted by atomic mass is 9.79. The number of benzene rings is 2. The van der Waals surface area contributed by atoms with E-state index in [1.54, 1.807) is 10.4 Å². The van der Waals surface area contributed by atoms with Gasteiger partial charge in [0.1, 0.15) is 0 Å². The lowest BCUT2D eigenvalue weighted by Gasteiger charge is -2.27. The first-order chi connectivity index (χ1) is 11.3. The Morgan fingerprint density at radius 3 is 2.70 bits per heavy atom. The molecule has 0 radical (unpaired) electrons. The van der Waals surface area contributed by atoms with Crippen LogP contribution in [0.3, 0.4) is 0 Å². The highest BCUT2D eigenvalue weighted by atomic mass is 32.1. The predicted octanol–water partition coefficient (Wildman–Crippen LogP) is 7.03. The molecule has 1 heteroatoms. The van der Waals surface area contributed by atoms with E-state index in [2.05, 4.69) is 73.7 Å². The Balaban J connectivity index is 1.84. The van der Waals surface area contributed by atoms with E-state index in [-0.39, 0.29) is 0 Å². The summed E-state index contributed by atoms with van der Waals surface area (Å²) in [5, 5.41) is 1.51. The first-order valence-corrected chi connectivity index (χ1v) is 9.70. The van der Waals surface area contributed by atoms with E-state index in [0.717, 1.165) is 11.8 Å². The highest BCUT2D eigenvalue weighted by Gasteiger charge is 2.27. The van der Waals surface area contributed by atoms with Crippen molar-refractivity contribution in [1.82, 2.24) is 0 Å². The molecular weight excluding hydrogens is 296 g/mol. The Bertz CT molecular complexity index is 813. The number of rotatable bonds is 3. The minimum absolute atomic E-state index is 0.779. The normalized spacial score (nSPS) is 18.8. The molecule has 0 spiro atoms. The van der Waals surface area contributed by atoms with Crippen LogP contribution in [0.25, 0.3) is 21.2 Å². The maximum atomic E-state index is 2.43. The van der Waals surface area contributed by atoms with Gasteiger partial charge in [-0.25, -0.2) is 0 Å². The molecule has 2 aromatic carbocycles. The predicted molar refractivity (Wildman–Crippen MR) is 102 cm³/mol. The fraction of sp³-hybridized carbons (Fsp3) is 0.364. The van der Waals surface area contributed by atoms with Gasteiger partial charge in [-0.1, -0.05) is 56.7 Å². The van der Waals surface area contributed by atoms with Crippen LogP contribution in [0, 0.1) is 5.92 Å². The molecule has 2 unspecified atom stereocenters. The lowest BCUT2D eigenvalue weighted by Crippen LogP contribution is -2.14. The summed E-state index contributed by atoms with van der Waals surface area (Å²) in [5.74, 6) is 1.58. The van der Waals surface area contributed by atoms with E-state index in [0.29, 0.717) is 0 Å². The van der Waals surface area contributed by atoms with Gasteiger partial charge in [0.25, 0.3) is 0 Å². The zero-order chi connectivity index (χ0) is 15.8. The van der Waals surface area contributed by atoms with Crippen molar-refractivity contribution in [3.05, 3.63) is 59.0 Å². The molecular formula is C22H24S. The lowest BCUT2D eigenvalue weighted by molar-refractivity contribution is 0.403. The molecule has 3 aromatic rings. The molecule has 0 saturated carbocycles. The molecule has 0 nitrogen and oxygen atoms in total. The van der Waals surface area contributed by atoms with Crippen LogP contribution in [0.4, 0.5) is 0 Å². The van der Waals surface area contributed by atoms with Gasteiger partial charge in [-0.3, -0.25) is 0 Å². The minimum Gasteiger partial charge on any atom is -0.140 e. The number of aryl methyl sites for hydroxylation is 1. The van der Waals surface area contributed by atoms with Crippen molar-refractivity contribution < 1.29 is 0 Å². The van der Waals surface area contributed by atoms with Crippen molar-refractivity contribution in [3.63, 3.8) is 0 Å². The van der Waals surface area contributed by atoms with Crippen LogP contribution in [-0.4, -0.2) is 0 Å². The van der Waals surface area contributed by atoms with Gasteiger partial charge in [-0.05, 0) is 65.3 Å². The van der Waals surface area contributed by atoms with E-state index in [4.69, 9.17) is 0 Å². The average molecular weight is 321 g/mol. The summed E-state index contributed by atoms with van der Waals surface area (Å²) in [6.07, 6.45) is 5.28. The largest absolute Gasteiger partial charge is 0.140 e. The minimum atomic E-state index is 0.779. The van der Waals surface area contributed by atoms with Crippen LogP contribution in [0.1, 0.15) is 49.5 Å². The summed E-state index contributed by atoms with van der Waals surface area (Å²) >= 11 is 2.06. The van der Waals surface area contributed by atoms with E-state index >= 15 is 0 Å². The van der Waals surface area contributed by atoms with Gasteiger partial charge in [0, 0.05) is 9.58 Å². The van der Waals surface area contributed by atoms with Crippen LogP contribution >= 0.6 is 11.3 Å². The molecule has 0 amide bonds. The second kappa shape index (κ2) is 6.13. The van der Waals surface area contributed by atoms with Crippen LogP contribution in [0.5, 0.6) is 0 Å². The first kappa shape index (κ1) is 15.0. The van der Waals surface area contributed by atoms with Gasteiger partial charge in [0.2, 0.25) is 0 Å². The second-order valence-corrected chi connectivity index (χ2v) is 7.99. The van der Waals surface area contributed by atoms with Crippen molar-refractivity contribution >= 4 is 21.4 Å². The van der Waals surface area contributed by atoms with Gasteiger partial charge < -0.3 is 0 Å². The summed E-state index contributed by atoms with van der Waals surface area (Å²) in [5.41, 5.74) is 4.33. The van der Waals surface area contributed by atoms with Gasteiger partial charge in [-0.15, -0.1) is 11.3 Å². The number of fused-ring (bicyclic) bond motifs is 3. The Kier molecular flexibility index (Phi) is 3.98. The van der Waals surface area contributed by atoms with Gasteiger partial charge in [-0.2, -0.15) is 0 Å². The van der Waals surface area contributed by atoms with Gasteiger partial charge >= 0.3 is 0 Å². The fourth-order valence-corrected chi connectivity index (χ4v) is 5.49. The summed E-state index contributed by atoms with van der Waals surface area (Å²) in [4.78, 5) is 1.69. The zero-order valence-electron chi connectivity index (χ0n) is 14.0. The van der Waals surface area contributed by atoms with Crippen LogP contribution in [0.2, 0.25) is 0 Å². The molecule has 0 bridgehead atoms. The molecule has 1 aromatic heterocycles. The van der Waals surface area contributed by atoms with Crippen LogP contribution < -0.4 is 0 Å². The summed E-state index contributed by atoms with van der Waals surface area (Å²) in [7, 11) is 0. The molecule has 1 aliphatic rings. The number of hydrogen-bond acceptors (Lipinski definition) is 1. The van der Waals surface area contributed by atoms with Crippen LogP contribution in [0.15, 0.2) is 48.5 Å². The Hall–Kier alpha value is -1.60. The third-order valence-corrected chi connectivity index (χ3v) is 6.88. The van der Waals surface area contributed by atoms with E-state index in [1.165, 1.54) is 46.9 Å². The van der Waals surface area contributed by atoms with Crippen molar-refractivity contribution in [1.29, 1.82) is 0 Å². The van der Waals surface area contributed by atoms with Gasteiger partial charge in [0.05, 0.1) is 0 Å². The molecule has 0 saturated heterocycles. The number of hydrogen-bond donors (Lipinski definition) is 0. The Morgan fingerprint density at radius 1 is 1.09 bits per heavy atom. The Labute approximate surface area is 143 Å². The first-order valence-electron chi connectivity index (χ1n) is 8.88. The summed E-state index contributed by atoms with van der Waals surface area (Å²) < 4.78 is 1.48. The number of thiophene rings is 1. The standard InChI is InChI=1S/C22H24S/c1-3-15(2)18-10-7-11-19-20-14-17(16-8-5-4-6-9-16)12-13-21(20)23-22(18)19/h4-6,8-9,12-15,18H,3,7,10-11H2,1-2H3. The van der Waals surface area contributed by atoms with E-state index < -0.39 is 0 Å². The quantitative estimate of drug-likeness (QED) is 0.485. The molecule has 0 N–H and O–H groups in total. The van der Waals surface area contributed by atoms with Crippen molar-refractivity contribution in [2.75, 3.05) is 0 Å². The molecule has 1 heterocycles. The highest BCUT2D eigenvalue weighted by molar-refractivity contribution is 7.19. The maximum Gasteiger partial charge on any atom is 0.0349 e. The van der Waals surface area contributed by atoms with E-state index in [1.807, 2.05) is 0 Å².